The van der Waals surface area contributed by atoms with E-state index in [2.05, 4.69) is 26.6 Å². The first kappa shape index (κ1) is 147. The molecule has 7 aliphatic rings. The highest BCUT2D eigenvalue weighted by Crippen LogP contribution is 2.62. The third-order valence-electron chi connectivity index (χ3n) is 25.2. The van der Waals surface area contributed by atoms with Crippen LogP contribution in [-0.2, 0) is 73.7 Å². The van der Waals surface area contributed by atoms with E-state index in [4.69, 9.17) is 145 Å². The van der Waals surface area contributed by atoms with Crippen molar-refractivity contribution in [3.05, 3.63) is 101 Å². The Kier molecular flexibility index (Phi) is 87.6. The second kappa shape index (κ2) is 84.5. The lowest BCUT2D eigenvalue weighted by atomic mass is 9.91. The Morgan fingerprint density at radius 3 is 1.07 bits per heavy atom. The Morgan fingerprint density at radius 1 is 0.444 bits per heavy atom. The predicted molar refractivity (Wildman–Crippen MR) is 613 cm³/mol. The summed E-state index contributed by atoms with van der Waals surface area (Å²) in [5, 5.41) is 41.1. The van der Waals surface area contributed by atoms with E-state index in [1.807, 2.05) is 100 Å². The molecule has 1 aliphatic heterocycles. The van der Waals surface area contributed by atoms with E-state index in [1.54, 1.807) is 51.1 Å². The molecule has 3 aromatic carbocycles. The van der Waals surface area contributed by atoms with Crippen LogP contribution in [0.2, 0.25) is 30.1 Å². The molecule has 142 heavy (non-hydrogen) atoms. The van der Waals surface area contributed by atoms with E-state index < -0.39 is 74.9 Å². The molecule has 13 atom stereocenters. The number of epoxide rings is 1. The van der Waals surface area contributed by atoms with E-state index in [1.165, 1.54) is 134 Å². The van der Waals surface area contributed by atoms with E-state index in [0.717, 1.165) is 99.6 Å². The minimum Gasteiger partial charge on any atom is -0.391 e. The summed E-state index contributed by atoms with van der Waals surface area (Å²) >= 11 is 49.8. The highest BCUT2D eigenvalue weighted by molar-refractivity contribution is 9.09. The molecule has 0 amide bonds. The second-order valence-corrected chi connectivity index (χ2v) is 54.3. The molecule has 836 valence electrons. The molecule has 8 N–H and O–H groups in total. The van der Waals surface area contributed by atoms with Crippen molar-refractivity contribution in [3.8, 4) is 0 Å². The van der Waals surface area contributed by atoms with Crippen molar-refractivity contribution < 1.29 is 93.9 Å². The van der Waals surface area contributed by atoms with Crippen molar-refractivity contribution in [1.82, 2.24) is 10.6 Å². The molecule has 6 unspecified atom stereocenters. The van der Waals surface area contributed by atoms with Gasteiger partial charge in [-0.15, -0.1) is 44.7 Å². The van der Waals surface area contributed by atoms with Gasteiger partial charge in [-0.1, -0.05) is 242 Å². The van der Waals surface area contributed by atoms with Crippen molar-refractivity contribution in [1.29, 1.82) is 0 Å². The normalized spacial score (nSPS) is 19.7. The SMILES string of the molecule is BrCC1CCCCC1.C.C.C.CCOC(C)(OCC)P(=O)(CC1CCCCC1)OCC.CCOP(=O)(CC1CCCCC1)C[C@@H](O)CCl.CCOP(=O)(CC1CCCCC1)C[C@@H](O)CN[C@@H](C)c1ccc(Cl)c(Cl)c1.CCO[P+](=O)C(C)(OCC)OCC.CCO[P+](=O)CC1CCCCC1.C[C@H](N)c1ccc(Cl)c(Cl)c1.C[C@H](NC[C@H](O)CP(=O)(O)CC1CCCCC1)c1ccc(Cl)c(Cl)c1.Cl.ClC[C@H]1CO1. The third-order valence-corrected chi connectivity index (χ3v) is 42.6. The van der Waals surface area contributed by atoms with Crippen molar-refractivity contribution >= 4 is 167 Å². The lowest BCUT2D eigenvalue weighted by molar-refractivity contribution is -0.168. The first-order valence-corrected chi connectivity index (χ1v) is 66.1. The first-order chi connectivity index (χ1) is 65.6. The number of nitrogens with two attached hydrogens (primary N) is 1. The van der Waals surface area contributed by atoms with Gasteiger partial charge < -0.3 is 73.8 Å². The van der Waals surface area contributed by atoms with Crippen LogP contribution in [0.15, 0.2) is 54.6 Å². The van der Waals surface area contributed by atoms with Crippen LogP contribution in [0.25, 0.3) is 0 Å². The van der Waals surface area contributed by atoms with Crippen LogP contribution < -0.4 is 16.4 Å². The fourth-order valence-electron chi connectivity index (χ4n) is 17.8. The van der Waals surface area contributed by atoms with Gasteiger partial charge in [-0.3, -0.25) is 18.3 Å². The Balaban J connectivity index is -0.00000157. The van der Waals surface area contributed by atoms with Gasteiger partial charge in [-0.05, 0) is 259 Å². The zero-order chi connectivity index (χ0) is 103. The van der Waals surface area contributed by atoms with Gasteiger partial charge in [-0.25, -0.2) is 0 Å². The van der Waals surface area contributed by atoms with E-state index in [9.17, 15) is 47.6 Å². The molecule has 0 aromatic heterocycles. The monoisotopic (exact) mass is 2370 g/mol. The van der Waals surface area contributed by atoms with Crippen molar-refractivity contribution in [2.75, 3.05) is 146 Å². The summed E-state index contributed by atoms with van der Waals surface area (Å²) in [5.41, 5.74) is 6.37. The van der Waals surface area contributed by atoms with Gasteiger partial charge in [0.1, 0.15) is 0 Å². The van der Waals surface area contributed by atoms with Gasteiger partial charge in [-0.2, -0.15) is 0 Å². The molecule has 0 radical (unpaired) electrons. The fraction of sp³-hybridized carbons (Fsp3) is 0.825. The number of halogens is 10. The maximum Gasteiger partial charge on any atom is 0.575 e. The zero-order valence-electron chi connectivity index (χ0n) is 86.1. The molecule has 0 spiro atoms. The number of nitrogens with one attached hydrogen (secondary N) is 2. The molecular formula is C103H191BrCl9N3O20P6+2. The van der Waals surface area contributed by atoms with Crippen LogP contribution in [0.5, 0.6) is 0 Å². The lowest BCUT2D eigenvalue weighted by Gasteiger charge is -2.38. The molecule has 1 saturated heterocycles. The average Bonchev–Trinajstić information content (AvgIpc) is 1.22. The summed E-state index contributed by atoms with van der Waals surface area (Å²) < 4.78 is 128. The van der Waals surface area contributed by atoms with Crippen molar-refractivity contribution in [2.24, 2.45) is 41.2 Å². The van der Waals surface area contributed by atoms with Crippen LogP contribution in [0, 0.1) is 35.5 Å². The highest BCUT2D eigenvalue weighted by atomic mass is 79.9. The Bertz CT molecular complexity index is 3890. The summed E-state index contributed by atoms with van der Waals surface area (Å²) in [6.07, 6.45) is 38.9. The minimum atomic E-state index is -3.29. The topological polar surface area (TPSA) is 329 Å². The molecule has 23 nitrogen and oxygen atoms in total. The van der Waals surface area contributed by atoms with Crippen molar-refractivity contribution in [3.63, 3.8) is 0 Å². The number of benzene rings is 3. The number of hydrogen-bond donors (Lipinski definition) is 7. The quantitative estimate of drug-likeness (QED) is 0.0119. The molecule has 39 heteroatoms. The second-order valence-electron chi connectivity index (χ2n) is 37.3. The Hall–Kier alpha value is 1.19. The molecule has 3 aromatic rings. The zero-order valence-corrected chi connectivity index (χ0v) is 99.9. The summed E-state index contributed by atoms with van der Waals surface area (Å²) in [4.78, 5) is 10.2. The van der Waals surface area contributed by atoms with E-state index in [0.29, 0.717) is 162 Å². The molecule has 10 rings (SSSR count). The van der Waals surface area contributed by atoms with Crippen LogP contribution in [0.1, 0.15) is 347 Å². The Labute approximate surface area is 917 Å². The molecule has 1 heterocycles. The van der Waals surface area contributed by atoms with Gasteiger partial charge in [0.15, 0.2) is 6.16 Å². The number of hydrogen-bond acceptors (Lipinski definition) is 22. The van der Waals surface area contributed by atoms with E-state index in [-0.39, 0.29) is 83.7 Å². The van der Waals surface area contributed by atoms with Crippen LogP contribution >= 0.6 is 167 Å². The molecular weight excluding hydrogens is 2180 g/mol. The van der Waals surface area contributed by atoms with E-state index >= 15 is 0 Å². The Morgan fingerprint density at radius 2 is 0.768 bits per heavy atom. The van der Waals surface area contributed by atoms with Gasteiger partial charge in [0.25, 0.3) is 7.37 Å². The van der Waals surface area contributed by atoms with Crippen LogP contribution in [0.3, 0.4) is 0 Å². The summed E-state index contributed by atoms with van der Waals surface area (Å²) in [5.74, 6) is 4.25. The van der Waals surface area contributed by atoms with Gasteiger partial charge in [0, 0.05) is 93.1 Å². The average molecular weight is 2380 g/mol. The smallest absolute Gasteiger partial charge is 0.391 e. The van der Waals surface area contributed by atoms with Crippen molar-refractivity contribution in [2.45, 2.75) is 365 Å². The molecule has 6 saturated carbocycles. The summed E-state index contributed by atoms with van der Waals surface area (Å²) in [6, 6.07) is 16.3. The largest absolute Gasteiger partial charge is 0.575 e. The maximum atomic E-state index is 13.4. The maximum absolute atomic E-state index is 13.4. The number of ether oxygens (including phenoxy) is 5. The van der Waals surface area contributed by atoms with Gasteiger partial charge in [0.2, 0.25) is 27.6 Å². The third kappa shape index (κ3) is 64.6. The minimum absolute atomic E-state index is 0. The number of alkyl halides is 3. The molecule has 0 bridgehead atoms. The van der Waals surface area contributed by atoms with Gasteiger partial charge >= 0.3 is 21.6 Å². The summed E-state index contributed by atoms with van der Waals surface area (Å²) in [7, 11) is -15.1. The molecule has 7 fully saturated rings. The van der Waals surface area contributed by atoms with Crippen LogP contribution in [0.4, 0.5) is 0 Å². The van der Waals surface area contributed by atoms with Gasteiger partial charge in [0.05, 0.1) is 132 Å². The highest BCUT2D eigenvalue weighted by Gasteiger charge is 2.51. The fourth-order valence-corrected chi connectivity index (χ4v) is 32.3. The molecule has 6 aliphatic carbocycles. The lowest BCUT2D eigenvalue weighted by Crippen LogP contribution is -2.36. The number of aliphatic hydroxyl groups is 3. The number of rotatable bonds is 48. The number of aliphatic hydroxyl groups excluding tert-OH is 3. The van der Waals surface area contributed by atoms with Crippen LogP contribution in [-0.4, -0.2) is 201 Å². The first-order valence-electron chi connectivity index (χ1n) is 51.2. The standard InChI is InChI=1S/C20H32Cl2NO3P.C18H28Cl2NO3P.C15H31O4P.C12H24ClO3P.C9H18O2P.C8H9Cl2N.C8H18O4P.C7H13Br.C3H5ClO.3CH4.ClH/c1-3-26-27(25,13-16-7-5-4-6-8-16)14-18(24)12-23-15(2)17-9-10-19(21)20(22)11-17;1-13(15-7-8-17(19)18(20)9-15)21-10-16(22)12-25(23,24)11-14-5-3-2-4-6-14;1-5-17-15(4,18-6-2)20(16,19-7-3)13-14-11-9-8-10-12-14;1-2-16-17(15,10-12(14)8-13)9-11-6-4-3-5-7-11;1-2-11-12(10)8-9-6-4-3-5-7-9;1-5(11)6-2-3-7(9)8(10)4-6;1-5-10-8(4,11-6-2)13(9)12-7-3;8-6-7-4-2-1-3-5-7;4-1-3-2-5-3;;;;/h9-11,15-16,18,23-24H,3-8,12-14H2,1-2H3;7-9,13-14,16,21-22H,2-6,10-12H2,1H3,(H,23,24);14H,5-13H2,1-4H3;11-12,14H,2-10H2,1H3;9H,2-8H2,1H3;2-5H,11H2,1H3;5-7H2,1-4H3;7H,1-6H2;3H,1-2H2;3*1H4;1H/q;;;;+1;;+1;;;;;;/t15-,18-,27?;13-,16-;;12-,17?;;5-;;;3-;;;;/m00.0.0..0..../s1. The predicted octanol–water partition coefficient (Wildman–Crippen LogP) is 33.7. The summed E-state index contributed by atoms with van der Waals surface area (Å²) in [6.45, 7) is 31.6.